The summed E-state index contributed by atoms with van der Waals surface area (Å²) in [5.41, 5.74) is 0.322. The SMILES string of the molecule is O=C(OCc1ccc(OCC2CO2)cc1)C(F)(F)S(=O)(=O)[O-]. The van der Waals surface area contributed by atoms with Crippen LogP contribution in [0.3, 0.4) is 0 Å². The van der Waals surface area contributed by atoms with Gasteiger partial charge in [0.25, 0.3) is 0 Å². The summed E-state index contributed by atoms with van der Waals surface area (Å²) in [6.45, 7) is 0.433. The number of carbonyl (C=O) groups is 1. The predicted octanol–water partition coefficient (Wildman–Crippen LogP) is 0.645. The van der Waals surface area contributed by atoms with Crippen LogP contribution in [0.2, 0.25) is 0 Å². The maximum absolute atomic E-state index is 12.9. The molecule has 0 bridgehead atoms. The second-order valence-corrected chi connectivity index (χ2v) is 5.88. The Kier molecular flexibility index (Phi) is 4.63. The maximum atomic E-state index is 12.9. The highest BCUT2D eigenvalue weighted by atomic mass is 32.2. The monoisotopic (exact) mass is 337 g/mol. The molecule has 1 fully saturated rings. The number of alkyl halides is 2. The molecule has 0 radical (unpaired) electrons. The van der Waals surface area contributed by atoms with Gasteiger partial charge in [-0.25, -0.2) is 13.2 Å². The molecule has 22 heavy (non-hydrogen) atoms. The van der Waals surface area contributed by atoms with Crippen LogP contribution in [0.15, 0.2) is 24.3 Å². The highest BCUT2D eigenvalue weighted by Crippen LogP contribution is 2.23. The van der Waals surface area contributed by atoms with E-state index >= 15 is 0 Å². The molecule has 0 aliphatic carbocycles. The molecule has 10 heteroatoms. The molecule has 0 aromatic heterocycles. The van der Waals surface area contributed by atoms with Crippen molar-refractivity contribution < 1.29 is 40.8 Å². The van der Waals surface area contributed by atoms with Crippen molar-refractivity contribution in [3.63, 3.8) is 0 Å². The third kappa shape index (κ3) is 4.12. The first-order chi connectivity index (χ1) is 10.2. The van der Waals surface area contributed by atoms with Crippen molar-refractivity contribution >= 4 is 16.1 Å². The Labute approximate surface area is 124 Å². The van der Waals surface area contributed by atoms with Crippen LogP contribution in [0.1, 0.15) is 5.56 Å². The number of benzene rings is 1. The molecule has 7 nitrogen and oxygen atoms in total. The average Bonchev–Trinajstić information content (AvgIpc) is 3.26. The summed E-state index contributed by atoms with van der Waals surface area (Å²) < 4.78 is 70.9. The van der Waals surface area contributed by atoms with Gasteiger partial charge < -0.3 is 18.8 Å². The highest BCUT2D eigenvalue weighted by molar-refractivity contribution is 7.87. The van der Waals surface area contributed by atoms with Crippen molar-refractivity contribution in [3.8, 4) is 5.75 Å². The molecule has 1 heterocycles. The largest absolute Gasteiger partial charge is 0.743 e. The van der Waals surface area contributed by atoms with E-state index in [2.05, 4.69) is 4.74 Å². The first-order valence-electron chi connectivity index (χ1n) is 6.04. The number of hydrogen-bond donors (Lipinski definition) is 0. The van der Waals surface area contributed by atoms with Crippen molar-refractivity contribution in [1.29, 1.82) is 0 Å². The zero-order chi connectivity index (χ0) is 16.4. The van der Waals surface area contributed by atoms with Gasteiger partial charge in [0.1, 0.15) is 25.1 Å². The van der Waals surface area contributed by atoms with Gasteiger partial charge in [-0.3, -0.25) is 0 Å². The van der Waals surface area contributed by atoms with E-state index in [4.69, 9.17) is 9.47 Å². The number of esters is 1. The van der Waals surface area contributed by atoms with Gasteiger partial charge >= 0.3 is 11.2 Å². The van der Waals surface area contributed by atoms with E-state index in [0.717, 1.165) is 0 Å². The summed E-state index contributed by atoms with van der Waals surface area (Å²) in [7, 11) is -6.11. The molecule has 0 N–H and O–H groups in total. The van der Waals surface area contributed by atoms with Gasteiger partial charge in [-0.05, 0) is 17.7 Å². The van der Waals surface area contributed by atoms with Crippen molar-refractivity contribution in [2.45, 2.75) is 18.0 Å². The fourth-order valence-corrected chi connectivity index (χ4v) is 1.63. The van der Waals surface area contributed by atoms with Crippen LogP contribution in [0.4, 0.5) is 8.78 Å². The van der Waals surface area contributed by atoms with Crippen LogP contribution < -0.4 is 4.74 Å². The number of rotatable bonds is 7. The van der Waals surface area contributed by atoms with Crippen LogP contribution in [0.5, 0.6) is 5.75 Å². The lowest BCUT2D eigenvalue weighted by Gasteiger charge is -2.18. The molecule has 1 aromatic rings. The molecule has 1 aliphatic heterocycles. The number of hydrogen-bond acceptors (Lipinski definition) is 7. The lowest BCUT2D eigenvalue weighted by molar-refractivity contribution is -0.162. The van der Waals surface area contributed by atoms with Gasteiger partial charge in [-0.1, -0.05) is 12.1 Å². The topological polar surface area (TPSA) is 105 Å². The fraction of sp³-hybridized carbons (Fsp3) is 0.417. The summed E-state index contributed by atoms with van der Waals surface area (Å²) in [6, 6.07) is 5.93. The Morgan fingerprint density at radius 2 is 1.95 bits per heavy atom. The second-order valence-electron chi connectivity index (χ2n) is 4.46. The summed E-state index contributed by atoms with van der Waals surface area (Å²) in [6.07, 6.45) is 0.0805. The molecule has 2 rings (SSSR count). The van der Waals surface area contributed by atoms with Gasteiger partial charge in [0.15, 0.2) is 10.1 Å². The average molecular weight is 337 g/mol. The molecule has 0 saturated carbocycles. The van der Waals surface area contributed by atoms with Crippen LogP contribution >= 0.6 is 0 Å². The molecule has 1 aromatic carbocycles. The Morgan fingerprint density at radius 1 is 1.36 bits per heavy atom. The van der Waals surface area contributed by atoms with Crippen molar-refractivity contribution in [2.75, 3.05) is 13.2 Å². The van der Waals surface area contributed by atoms with Crippen molar-refractivity contribution in [1.82, 2.24) is 0 Å². The van der Waals surface area contributed by atoms with E-state index in [0.29, 0.717) is 24.5 Å². The summed E-state index contributed by atoms with van der Waals surface area (Å²) in [5, 5.41) is -5.11. The van der Waals surface area contributed by atoms with Gasteiger partial charge in [-0.15, -0.1) is 0 Å². The van der Waals surface area contributed by atoms with E-state index < -0.39 is 27.9 Å². The Bertz CT molecular complexity index is 638. The summed E-state index contributed by atoms with van der Waals surface area (Å²) in [4.78, 5) is 10.9. The number of ether oxygens (including phenoxy) is 3. The van der Waals surface area contributed by atoms with E-state index in [1.807, 2.05) is 0 Å². The van der Waals surface area contributed by atoms with E-state index in [-0.39, 0.29) is 6.10 Å². The third-order valence-corrected chi connectivity index (χ3v) is 3.48. The van der Waals surface area contributed by atoms with Gasteiger partial charge in [0, 0.05) is 0 Å². The zero-order valence-electron chi connectivity index (χ0n) is 11.0. The number of halogens is 2. The lowest BCUT2D eigenvalue weighted by atomic mass is 10.2. The standard InChI is InChI=1S/C12H12F2O7S/c13-12(14,22(16,17)18)11(15)21-5-8-1-3-9(4-2-8)19-6-10-7-20-10/h1-4,10H,5-7H2,(H,16,17,18)/p-1. The van der Waals surface area contributed by atoms with Crippen LogP contribution in [0.25, 0.3) is 0 Å². The van der Waals surface area contributed by atoms with Crippen molar-refractivity contribution in [2.24, 2.45) is 0 Å². The minimum Gasteiger partial charge on any atom is -0.743 e. The molecule has 0 spiro atoms. The molecule has 1 saturated heterocycles. The Hall–Kier alpha value is -1.78. The second kappa shape index (κ2) is 6.15. The molecule has 122 valence electrons. The van der Waals surface area contributed by atoms with Gasteiger partial charge in [0.2, 0.25) is 0 Å². The maximum Gasteiger partial charge on any atom is 0.428 e. The smallest absolute Gasteiger partial charge is 0.428 e. The zero-order valence-corrected chi connectivity index (χ0v) is 11.8. The highest BCUT2D eigenvalue weighted by Gasteiger charge is 2.48. The Balaban J connectivity index is 1.87. The summed E-state index contributed by atoms with van der Waals surface area (Å²) in [5.74, 6) is -1.90. The predicted molar refractivity (Wildman–Crippen MR) is 66.1 cm³/mol. The van der Waals surface area contributed by atoms with Crippen LogP contribution in [-0.2, 0) is 31.0 Å². The van der Waals surface area contributed by atoms with Crippen LogP contribution in [-0.4, -0.2) is 43.5 Å². The molecule has 1 aliphatic rings. The number of epoxide rings is 1. The van der Waals surface area contributed by atoms with Gasteiger partial charge in [-0.2, -0.15) is 8.78 Å². The molecule has 1 atom stereocenters. The summed E-state index contributed by atoms with van der Waals surface area (Å²) >= 11 is 0. The van der Waals surface area contributed by atoms with Crippen molar-refractivity contribution in [3.05, 3.63) is 29.8 Å². The van der Waals surface area contributed by atoms with E-state index in [1.165, 1.54) is 24.3 Å². The van der Waals surface area contributed by atoms with E-state index in [9.17, 15) is 26.5 Å². The normalized spacial score (nSPS) is 17.9. The minimum atomic E-state index is -6.11. The van der Waals surface area contributed by atoms with Crippen LogP contribution in [0, 0.1) is 0 Å². The molecule has 0 amide bonds. The fourth-order valence-electron chi connectivity index (χ4n) is 1.37. The lowest BCUT2D eigenvalue weighted by Crippen LogP contribution is -2.38. The first kappa shape index (κ1) is 16.6. The molecule has 1 unspecified atom stereocenters. The van der Waals surface area contributed by atoms with E-state index in [1.54, 1.807) is 0 Å². The third-order valence-electron chi connectivity index (χ3n) is 2.68. The minimum absolute atomic E-state index is 0.0805. The molecular formula is C12H11F2O7S-. The Morgan fingerprint density at radius 3 is 2.45 bits per heavy atom. The van der Waals surface area contributed by atoms with Gasteiger partial charge in [0.05, 0.1) is 6.61 Å². The first-order valence-corrected chi connectivity index (χ1v) is 7.45. The number of carbonyl (C=O) groups excluding carboxylic acids is 1. The molecular weight excluding hydrogens is 326 g/mol. The quantitative estimate of drug-likeness (QED) is 0.408.